The SMILES string of the molecule is CCOc1ccccc1N1CCN(C(=O)[C@H](N)C(C)C)CC1. The number of nitrogens with zero attached hydrogens (tertiary/aromatic N) is 2. The maximum atomic E-state index is 12.3. The van der Waals surface area contributed by atoms with Crippen LogP contribution in [0.1, 0.15) is 20.8 Å². The largest absolute Gasteiger partial charge is 0.492 e. The Morgan fingerprint density at radius 1 is 1.23 bits per heavy atom. The number of amides is 1. The number of piperazine rings is 1. The molecule has 1 saturated heterocycles. The fraction of sp³-hybridized carbons (Fsp3) is 0.588. The van der Waals surface area contributed by atoms with E-state index in [0.29, 0.717) is 19.7 Å². The van der Waals surface area contributed by atoms with Crippen LogP contribution in [0.2, 0.25) is 0 Å². The lowest BCUT2D eigenvalue weighted by molar-refractivity contribution is -0.133. The van der Waals surface area contributed by atoms with Crippen molar-refractivity contribution < 1.29 is 9.53 Å². The number of hydrogen-bond acceptors (Lipinski definition) is 4. The molecule has 1 heterocycles. The highest BCUT2D eigenvalue weighted by molar-refractivity contribution is 5.82. The van der Waals surface area contributed by atoms with E-state index in [2.05, 4.69) is 11.0 Å². The van der Waals surface area contributed by atoms with Gasteiger partial charge in [0.2, 0.25) is 5.91 Å². The van der Waals surface area contributed by atoms with Crippen molar-refractivity contribution in [2.24, 2.45) is 11.7 Å². The summed E-state index contributed by atoms with van der Waals surface area (Å²) in [6.45, 7) is 9.63. The molecule has 5 heteroatoms. The fourth-order valence-corrected chi connectivity index (χ4v) is 2.66. The third-order valence-electron chi connectivity index (χ3n) is 4.10. The van der Waals surface area contributed by atoms with E-state index >= 15 is 0 Å². The second-order valence-electron chi connectivity index (χ2n) is 5.98. The Labute approximate surface area is 133 Å². The summed E-state index contributed by atoms with van der Waals surface area (Å²) in [5, 5.41) is 0. The molecule has 0 spiro atoms. The second kappa shape index (κ2) is 7.49. The molecule has 0 radical (unpaired) electrons. The zero-order valence-corrected chi connectivity index (χ0v) is 13.8. The summed E-state index contributed by atoms with van der Waals surface area (Å²) in [5.41, 5.74) is 7.08. The molecule has 0 aliphatic carbocycles. The molecule has 1 aromatic carbocycles. The molecule has 1 aliphatic rings. The molecule has 0 bridgehead atoms. The van der Waals surface area contributed by atoms with Crippen molar-refractivity contribution >= 4 is 11.6 Å². The zero-order chi connectivity index (χ0) is 16.1. The normalized spacial score (nSPS) is 16.8. The second-order valence-corrected chi connectivity index (χ2v) is 5.98. The van der Waals surface area contributed by atoms with Gasteiger partial charge in [0.05, 0.1) is 18.3 Å². The van der Waals surface area contributed by atoms with E-state index in [1.165, 1.54) is 0 Å². The summed E-state index contributed by atoms with van der Waals surface area (Å²) in [4.78, 5) is 16.5. The van der Waals surface area contributed by atoms with Gasteiger partial charge in [-0.05, 0) is 25.0 Å². The minimum Gasteiger partial charge on any atom is -0.492 e. The molecule has 5 nitrogen and oxygen atoms in total. The first-order valence-corrected chi connectivity index (χ1v) is 8.05. The van der Waals surface area contributed by atoms with Crippen molar-refractivity contribution in [3.8, 4) is 5.75 Å². The number of carbonyl (C=O) groups is 1. The molecule has 2 rings (SSSR count). The van der Waals surface area contributed by atoms with E-state index in [-0.39, 0.29) is 11.8 Å². The number of anilines is 1. The molecular weight excluding hydrogens is 278 g/mol. The Morgan fingerprint density at radius 3 is 2.45 bits per heavy atom. The Bertz CT molecular complexity index is 496. The minimum atomic E-state index is -0.401. The van der Waals surface area contributed by atoms with Crippen molar-refractivity contribution in [1.82, 2.24) is 4.90 Å². The van der Waals surface area contributed by atoms with Crippen molar-refractivity contribution in [1.29, 1.82) is 0 Å². The van der Waals surface area contributed by atoms with Crippen LogP contribution in [0.25, 0.3) is 0 Å². The first-order chi connectivity index (χ1) is 10.5. The molecule has 22 heavy (non-hydrogen) atoms. The molecule has 1 amide bonds. The van der Waals surface area contributed by atoms with Crippen LogP contribution in [0.15, 0.2) is 24.3 Å². The molecule has 0 unspecified atom stereocenters. The molecule has 0 saturated carbocycles. The van der Waals surface area contributed by atoms with Crippen molar-refractivity contribution in [3.05, 3.63) is 24.3 Å². The van der Waals surface area contributed by atoms with Gasteiger partial charge in [0.15, 0.2) is 0 Å². The van der Waals surface area contributed by atoms with Gasteiger partial charge in [-0.2, -0.15) is 0 Å². The molecule has 122 valence electrons. The number of ether oxygens (including phenoxy) is 1. The first-order valence-electron chi connectivity index (χ1n) is 8.05. The lowest BCUT2D eigenvalue weighted by Gasteiger charge is -2.38. The third kappa shape index (κ3) is 3.71. The molecule has 0 aromatic heterocycles. The van der Waals surface area contributed by atoms with Gasteiger partial charge >= 0.3 is 0 Å². The molecule has 2 N–H and O–H groups in total. The van der Waals surface area contributed by atoms with Crippen molar-refractivity contribution in [2.75, 3.05) is 37.7 Å². The highest BCUT2D eigenvalue weighted by Gasteiger charge is 2.27. The third-order valence-corrected chi connectivity index (χ3v) is 4.10. The molecule has 1 fully saturated rings. The van der Waals surface area contributed by atoms with Gasteiger partial charge in [-0.3, -0.25) is 4.79 Å². The Morgan fingerprint density at radius 2 is 1.86 bits per heavy atom. The summed E-state index contributed by atoms with van der Waals surface area (Å²) in [5.74, 6) is 1.14. The summed E-state index contributed by atoms with van der Waals surface area (Å²) in [7, 11) is 0. The first kappa shape index (κ1) is 16.6. The average molecular weight is 305 g/mol. The van der Waals surface area contributed by atoms with Gasteiger partial charge in [0.1, 0.15) is 5.75 Å². The van der Waals surface area contributed by atoms with Crippen LogP contribution in [0.4, 0.5) is 5.69 Å². The number of para-hydroxylation sites is 2. The van der Waals surface area contributed by atoms with Crippen LogP contribution >= 0.6 is 0 Å². The minimum absolute atomic E-state index is 0.0627. The van der Waals surface area contributed by atoms with Crippen LogP contribution in [0, 0.1) is 5.92 Å². The highest BCUT2D eigenvalue weighted by Crippen LogP contribution is 2.28. The Kier molecular flexibility index (Phi) is 5.66. The standard InChI is InChI=1S/C17H27N3O2/c1-4-22-15-8-6-5-7-14(15)19-9-11-20(12-10-19)17(21)16(18)13(2)3/h5-8,13,16H,4,9-12,18H2,1-3H3/t16-/m1/s1. The fourth-order valence-electron chi connectivity index (χ4n) is 2.66. The number of carbonyl (C=O) groups excluding carboxylic acids is 1. The van der Waals surface area contributed by atoms with E-state index in [1.54, 1.807) is 0 Å². The molecular formula is C17H27N3O2. The predicted octanol–water partition coefficient (Wildman–Crippen LogP) is 1.72. The highest BCUT2D eigenvalue weighted by atomic mass is 16.5. The summed E-state index contributed by atoms with van der Waals surface area (Å²) in [6, 6.07) is 7.66. The van der Waals surface area contributed by atoms with E-state index in [1.807, 2.05) is 43.9 Å². The van der Waals surface area contributed by atoms with Crippen LogP contribution < -0.4 is 15.4 Å². The molecule has 1 aliphatic heterocycles. The number of benzene rings is 1. The average Bonchev–Trinajstić information content (AvgIpc) is 2.54. The number of rotatable bonds is 5. The lowest BCUT2D eigenvalue weighted by atomic mass is 10.0. The maximum Gasteiger partial charge on any atom is 0.239 e. The summed E-state index contributed by atoms with van der Waals surface area (Å²) < 4.78 is 5.69. The molecule has 1 aromatic rings. The predicted molar refractivity (Wildman–Crippen MR) is 89.2 cm³/mol. The maximum absolute atomic E-state index is 12.3. The van der Waals surface area contributed by atoms with Crippen LogP contribution in [-0.4, -0.2) is 49.6 Å². The van der Waals surface area contributed by atoms with Crippen molar-refractivity contribution in [2.45, 2.75) is 26.8 Å². The van der Waals surface area contributed by atoms with E-state index in [0.717, 1.165) is 24.5 Å². The van der Waals surface area contributed by atoms with Crippen LogP contribution in [0.5, 0.6) is 5.75 Å². The number of nitrogens with two attached hydrogens (primary N) is 1. The van der Waals surface area contributed by atoms with Crippen molar-refractivity contribution in [3.63, 3.8) is 0 Å². The van der Waals surface area contributed by atoms with Crippen LogP contribution in [-0.2, 0) is 4.79 Å². The van der Waals surface area contributed by atoms with Gasteiger partial charge in [0.25, 0.3) is 0 Å². The van der Waals surface area contributed by atoms with E-state index in [9.17, 15) is 4.79 Å². The zero-order valence-electron chi connectivity index (χ0n) is 13.8. The number of hydrogen-bond donors (Lipinski definition) is 1. The topological polar surface area (TPSA) is 58.8 Å². The monoisotopic (exact) mass is 305 g/mol. The smallest absolute Gasteiger partial charge is 0.239 e. The van der Waals surface area contributed by atoms with Gasteiger partial charge in [-0.25, -0.2) is 0 Å². The van der Waals surface area contributed by atoms with Gasteiger partial charge in [0, 0.05) is 26.2 Å². The van der Waals surface area contributed by atoms with E-state index in [4.69, 9.17) is 10.5 Å². The molecule has 1 atom stereocenters. The summed E-state index contributed by atoms with van der Waals surface area (Å²) in [6.07, 6.45) is 0. The summed E-state index contributed by atoms with van der Waals surface area (Å²) >= 11 is 0. The van der Waals surface area contributed by atoms with Gasteiger partial charge in [-0.15, -0.1) is 0 Å². The Hall–Kier alpha value is -1.75. The lowest BCUT2D eigenvalue weighted by Crippen LogP contribution is -2.54. The van der Waals surface area contributed by atoms with E-state index < -0.39 is 6.04 Å². The Balaban J connectivity index is 1.99. The van der Waals surface area contributed by atoms with Gasteiger partial charge in [-0.1, -0.05) is 26.0 Å². The quantitative estimate of drug-likeness (QED) is 0.900. The van der Waals surface area contributed by atoms with Crippen LogP contribution in [0.3, 0.4) is 0 Å². The van der Waals surface area contributed by atoms with Gasteiger partial charge < -0.3 is 20.3 Å².